The van der Waals surface area contributed by atoms with Crippen LogP contribution in [0.5, 0.6) is 0 Å². The molecule has 5 nitrogen and oxygen atoms in total. The molecule has 0 saturated carbocycles. The zero-order chi connectivity index (χ0) is 14.9. The monoisotopic (exact) mass is 280 g/mol. The molecule has 0 aliphatic carbocycles. The molecule has 20 heavy (non-hydrogen) atoms. The first kappa shape index (κ1) is 14.3. The second-order valence-electron chi connectivity index (χ2n) is 4.98. The maximum Gasteiger partial charge on any atom is 0.329 e. The van der Waals surface area contributed by atoms with Gasteiger partial charge in [0.05, 0.1) is 5.56 Å². The number of nitrogens with two attached hydrogens (primary N) is 1. The molecular weight excluding hydrogens is 263 g/mol. The van der Waals surface area contributed by atoms with Crippen molar-refractivity contribution in [2.24, 2.45) is 0 Å². The molecule has 1 atom stereocenters. The Labute approximate surface area is 116 Å². The number of benzene rings is 1. The fourth-order valence-electron chi connectivity index (χ4n) is 2.77. The van der Waals surface area contributed by atoms with Gasteiger partial charge in [0, 0.05) is 12.2 Å². The number of aliphatic carboxylic acids is 1. The van der Waals surface area contributed by atoms with Gasteiger partial charge in [-0.25, -0.2) is 9.18 Å². The van der Waals surface area contributed by atoms with Crippen molar-refractivity contribution in [3.8, 4) is 0 Å². The number of carbonyl (C=O) groups excluding carboxylic acids is 1. The highest BCUT2D eigenvalue weighted by Crippen LogP contribution is 2.34. The van der Waals surface area contributed by atoms with Crippen LogP contribution < -0.4 is 5.73 Å². The number of carboxylic acid groups (broad SMARTS) is 1. The smallest absolute Gasteiger partial charge is 0.329 e. The van der Waals surface area contributed by atoms with Gasteiger partial charge in [-0.2, -0.15) is 0 Å². The summed E-state index contributed by atoms with van der Waals surface area (Å²) in [6.07, 6.45) is 1.32. The molecule has 0 spiro atoms. The Kier molecular flexibility index (Phi) is 3.65. The van der Waals surface area contributed by atoms with Crippen LogP contribution in [-0.2, 0) is 4.79 Å². The number of hydrogen-bond acceptors (Lipinski definition) is 3. The van der Waals surface area contributed by atoms with Crippen molar-refractivity contribution in [3.63, 3.8) is 0 Å². The maximum absolute atomic E-state index is 13.3. The van der Waals surface area contributed by atoms with E-state index < -0.39 is 23.2 Å². The van der Waals surface area contributed by atoms with Crippen LogP contribution in [0.2, 0.25) is 0 Å². The summed E-state index contributed by atoms with van der Waals surface area (Å²) >= 11 is 0. The Morgan fingerprint density at radius 1 is 1.50 bits per heavy atom. The Morgan fingerprint density at radius 2 is 2.20 bits per heavy atom. The predicted molar refractivity (Wildman–Crippen MR) is 71.7 cm³/mol. The van der Waals surface area contributed by atoms with E-state index in [1.807, 2.05) is 0 Å². The lowest BCUT2D eigenvalue weighted by molar-refractivity contribution is -0.148. The van der Waals surface area contributed by atoms with Gasteiger partial charge in [-0.3, -0.25) is 4.79 Å². The van der Waals surface area contributed by atoms with Crippen molar-refractivity contribution in [1.29, 1.82) is 0 Å². The standard InChI is InChI=1S/C14H17FN2O3/c1-2-14(13(19)20)6-3-7-17(14)12(18)10-8-9(15)4-5-11(10)16/h4-5,8H,2-3,6-7,16H2,1H3,(H,19,20). The summed E-state index contributed by atoms with van der Waals surface area (Å²) in [6, 6.07) is 3.53. The molecule has 1 aromatic carbocycles. The first-order valence-corrected chi connectivity index (χ1v) is 6.53. The number of carboxylic acids is 1. The van der Waals surface area contributed by atoms with Crippen molar-refractivity contribution in [3.05, 3.63) is 29.6 Å². The number of halogens is 1. The molecule has 2 rings (SSSR count). The molecule has 108 valence electrons. The largest absolute Gasteiger partial charge is 0.479 e. The number of rotatable bonds is 3. The molecule has 0 bridgehead atoms. The zero-order valence-electron chi connectivity index (χ0n) is 11.2. The topological polar surface area (TPSA) is 83.6 Å². The van der Waals surface area contributed by atoms with Crippen LogP contribution in [0.1, 0.15) is 36.5 Å². The highest BCUT2D eigenvalue weighted by atomic mass is 19.1. The van der Waals surface area contributed by atoms with Gasteiger partial charge in [-0.1, -0.05) is 6.92 Å². The molecular formula is C14H17FN2O3. The normalized spacial score (nSPS) is 22.0. The van der Waals surface area contributed by atoms with Gasteiger partial charge in [0.25, 0.3) is 5.91 Å². The predicted octanol–water partition coefficient (Wildman–Crippen LogP) is 1.88. The van der Waals surface area contributed by atoms with Gasteiger partial charge < -0.3 is 15.7 Å². The number of likely N-dealkylation sites (tertiary alicyclic amines) is 1. The number of carbonyl (C=O) groups is 2. The van der Waals surface area contributed by atoms with Gasteiger partial charge in [0.2, 0.25) is 0 Å². The number of anilines is 1. The second kappa shape index (κ2) is 5.11. The van der Waals surface area contributed by atoms with Gasteiger partial charge in [-0.05, 0) is 37.5 Å². The lowest BCUT2D eigenvalue weighted by atomic mass is 9.92. The second-order valence-corrected chi connectivity index (χ2v) is 4.98. The highest BCUT2D eigenvalue weighted by Gasteiger charge is 2.48. The Hall–Kier alpha value is -2.11. The van der Waals surface area contributed by atoms with E-state index in [-0.39, 0.29) is 11.3 Å². The van der Waals surface area contributed by atoms with Crippen molar-refractivity contribution in [2.45, 2.75) is 31.7 Å². The van der Waals surface area contributed by atoms with Crippen LogP contribution >= 0.6 is 0 Å². The van der Waals surface area contributed by atoms with Crippen LogP contribution in [0, 0.1) is 5.82 Å². The van der Waals surface area contributed by atoms with E-state index in [1.54, 1.807) is 6.92 Å². The lowest BCUT2D eigenvalue weighted by Crippen LogP contribution is -2.52. The van der Waals surface area contributed by atoms with Crippen LogP contribution in [0.3, 0.4) is 0 Å². The van der Waals surface area contributed by atoms with Crippen LogP contribution in [0.25, 0.3) is 0 Å². The molecule has 1 saturated heterocycles. The molecule has 1 aromatic rings. The highest BCUT2D eigenvalue weighted by molar-refractivity contribution is 6.02. The minimum absolute atomic E-state index is 0.0194. The van der Waals surface area contributed by atoms with E-state index in [1.165, 1.54) is 17.0 Å². The quantitative estimate of drug-likeness (QED) is 0.828. The number of nitrogen functional groups attached to an aromatic ring is 1. The molecule has 0 aromatic heterocycles. The average molecular weight is 280 g/mol. The molecule has 1 aliphatic heterocycles. The van der Waals surface area contributed by atoms with E-state index in [9.17, 15) is 19.1 Å². The zero-order valence-corrected chi connectivity index (χ0v) is 11.2. The van der Waals surface area contributed by atoms with Crippen molar-refractivity contribution in [2.75, 3.05) is 12.3 Å². The van der Waals surface area contributed by atoms with Crippen molar-refractivity contribution >= 4 is 17.6 Å². The summed E-state index contributed by atoms with van der Waals surface area (Å²) < 4.78 is 13.3. The molecule has 3 N–H and O–H groups in total. The maximum atomic E-state index is 13.3. The van der Waals surface area contributed by atoms with E-state index in [2.05, 4.69) is 0 Å². The molecule has 1 heterocycles. The van der Waals surface area contributed by atoms with Crippen LogP contribution in [-0.4, -0.2) is 34.0 Å². The molecule has 1 aliphatic rings. The minimum Gasteiger partial charge on any atom is -0.479 e. The van der Waals surface area contributed by atoms with Crippen LogP contribution in [0.4, 0.5) is 10.1 Å². The van der Waals surface area contributed by atoms with Gasteiger partial charge in [0.1, 0.15) is 11.4 Å². The third-order valence-corrected chi connectivity index (χ3v) is 3.96. The third kappa shape index (κ3) is 2.11. The number of hydrogen-bond donors (Lipinski definition) is 2. The van der Waals surface area contributed by atoms with Crippen LogP contribution in [0.15, 0.2) is 18.2 Å². The van der Waals surface area contributed by atoms with E-state index in [0.717, 1.165) is 6.07 Å². The molecule has 6 heteroatoms. The summed E-state index contributed by atoms with van der Waals surface area (Å²) in [4.78, 5) is 25.4. The van der Waals surface area contributed by atoms with E-state index in [0.29, 0.717) is 25.8 Å². The van der Waals surface area contributed by atoms with Gasteiger partial charge in [0.15, 0.2) is 0 Å². The van der Waals surface area contributed by atoms with Crippen molar-refractivity contribution < 1.29 is 19.1 Å². The molecule has 1 fully saturated rings. The first-order valence-electron chi connectivity index (χ1n) is 6.53. The SMILES string of the molecule is CCC1(C(=O)O)CCCN1C(=O)c1cc(F)ccc1N. The minimum atomic E-state index is -1.21. The van der Waals surface area contributed by atoms with E-state index >= 15 is 0 Å². The Balaban J connectivity index is 2.42. The fraction of sp³-hybridized carbons (Fsp3) is 0.429. The molecule has 1 unspecified atom stereocenters. The first-order chi connectivity index (χ1) is 9.42. The van der Waals surface area contributed by atoms with Crippen molar-refractivity contribution in [1.82, 2.24) is 4.90 Å². The summed E-state index contributed by atoms with van der Waals surface area (Å²) in [6.45, 7) is 2.07. The average Bonchev–Trinajstić information content (AvgIpc) is 2.85. The third-order valence-electron chi connectivity index (χ3n) is 3.96. The fourth-order valence-corrected chi connectivity index (χ4v) is 2.77. The lowest BCUT2D eigenvalue weighted by Gasteiger charge is -2.34. The summed E-state index contributed by atoms with van der Waals surface area (Å²) in [5.74, 6) is -2.12. The summed E-state index contributed by atoms with van der Waals surface area (Å²) in [7, 11) is 0. The summed E-state index contributed by atoms with van der Waals surface area (Å²) in [5.41, 5.74) is 4.66. The Bertz CT molecular complexity index is 561. The number of amides is 1. The summed E-state index contributed by atoms with van der Waals surface area (Å²) in [5, 5.41) is 9.45. The molecule has 0 radical (unpaired) electrons. The van der Waals surface area contributed by atoms with Gasteiger partial charge >= 0.3 is 5.97 Å². The Morgan fingerprint density at radius 3 is 2.80 bits per heavy atom. The van der Waals surface area contributed by atoms with E-state index in [4.69, 9.17) is 5.73 Å². The number of nitrogens with zero attached hydrogens (tertiary/aromatic N) is 1. The molecule has 1 amide bonds. The van der Waals surface area contributed by atoms with Gasteiger partial charge in [-0.15, -0.1) is 0 Å².